The maximum Gasteiger partial charge on any atom is 0.241 e. The van der Waals surface area contributed by atoms with Crippen LogP contribution in [0, 0.1) is 0 Å². The van der Waals surface area contributed by atoms with Gasteiger partial charge in [0, 0.05) is 26.2 Å². The third kappa shape index (κ3) is 25.5. The molecule has 0 aliphatic heterocycles. The number of likely N-dealkylation sites (N-methyl/N-ethyl adjacent to an activating group) is 1. The molecule has 0 saturated carbocycles. The third-order valence-electron chi connectivity index (χ3n) is 8.56. The molecule has 44 heavy (non-hydrogen) atoms. The van der Waals surface area contributed by atoms with Gasteiger partial charge in [-0.25, -0.2) is 0 Å². The molecule has 0 spiro atoms. The zero-order chi connectivity index (χ0) is 32.7. The van der Waals surface area contributed by atoms with Crippen molar-refractivity contribution in [2.45, 2.75) is 174 Å². The SMILES string of the molecule is CCCCCCCCCCCCCCCCN(CCCCCCCCC)C(=O)C(CNC(=O)C(N)CCCN=C(N)N)NC. The number of carbonyl (C=O) groups is 2. The molecule has 0 radical (unpaired) electrons. The highest BCUT2D eigenvalue weighted by atomic mass is 16.2. The summed E-state index contributed by atoms with van der Waals surface area (Å²) in [6.07, 6.45) is 28.1. The Morgan fingerprint density at radius 2 is 1.07 bits per heavy atom. The van der Waals surface area contributed by atoms with Crippen LogP contribution < -0.4 is 27.8 Å². The topological polar surface area (TPSA) is 152 Å². The number of hydrogen-bond acceptors (Lipinski definition) is 5. The molecule has 2 unspecified atom stereocenters. The van der Waals surface area contributed by atoms with Gasteiger partial charge in [-0.3, -0.25) is 14.6 Å². The Labute approximate surface area is 271 Å². The number of nitrogens with one attached hydrogen (secondary N) is 2. The molecule has 0 aromatic rings. The number of nitrogens with zero attached hydrogens (tertiary/aromatic N) is 2. The van der Waals surface area contributed by atoms with Crippen molar-refractivity contribution >= 4 is 17.8 Å². The van der Waals surface area contributed by atoms with E-state index in [4.69, 9.17) is 17.2 Å². The molecule has 2 atom stereocenters. The molecule has 0 saturated heterocycles. The van der Waals surface area contributed by atoms with Crippen LogP contribution in [0.4, 0.5) is 0 Å². The Hall–Kier alpha value is -1.87. The lowest BCUT2D eigenvalue weighted by atomic mass is 10.0. The first-order valence-corrected chi connectivity index (χ1v) is 18.4. The summed E-state index contributed by atoms with van der Waals surface area (Å²) in [6, 6.07) is -1.12. The zero-order valence-electron chi connectivity index (χ0n) is 29.2. The average Bonchev–Trinajstić information content (AvgIpc) is 3.01. The number of unbranched alkanes of at least 4 members (excludes halogenated alkanes) is 19. The van der Waals surface area contributed by atoms with Gasteiger partial charge in [0.2, 0.25) is 11.8 Å². The van der Waals surface area contributed by atoms with E-state index in [1.807, 2.05) is 4.90 Å². The Balaban J connectivity index is 4.52. The summed E-state index contributed by atoms with van der Waals surface area (Å²) in [5.41, 5.74) is 16.7. The summed E-state index contributed by atoms with van der Waals surface area (Å²) < 4.78 is 0. The minimum absolute atomic E-state index is 0.0357. The number of aliphatic imine (C=N–C) groups is 1. The summed E-state index contributed by atoms with van der Waals surface area (Å²) in [5.74, 6) is -0.156. The number of rotatable bonds is 32. The van der Waals surface area contributed by atoms with Crippen LogP contribution in [0.3, 0.4) is 0 Å². The second-order valence-corrected chi connectivity index (χ2v) is 12.7. The van der Waals surface area contributed by atoms with Crippen molar-refractivity contribution in [3.05, 3.63) is 0 Å². The van der Waals surface area contributed by atoms with Crippen LogP contribution in [0.25, 0.3) is 0 Å². The summed E-state index contributed by atoms with van der Waals surface area (Å²) in [5, 5.41) is 6.00. The van der Waals surface area contributed by atoms with Crippen molar-refractivity contribution in [2.75, 3.05) is 33.2 Å². The van der Waals surface area contributed by atoms with Gasteiger partial charge < -0.3 is 32.7 Å². The van der Waals surface area contributed by atoms with E-state index in [9.17, 15) is 9.59 Å². The maximum atomic E-state index is 13.5. The van der Waals surface area contributed by atoms with Crippen LogP contribution in [-0.2, 0) is 9.59 Å². The fraction of sp³-hybridized carbons (Fsp3) is 0.914. The number of guanidine groups is 1. The zero-order valence-corrected chi connectivity index (χ0v) is 29.2. The quantitative estimate of drug-likeness (QED) is 0.0345. The molecule has 0 fully saturated rings. The van der Waals surface area contributed by atoms with Crippen LogP contribution in [0.5, 0.6) is 0 Å². The van der Waals surface area contributed by atoms with Crippen LogP contribution in [0.1, 0.15) is 162 Å². The molecule has 9 heteroatoms. The van der Waals surface area contributed by atoms with Gasteiger partial charge in [-0.1, -0.05) is 136 Å². The van der Waals surface area contributed by atoms with Gasteiger partial charge in [0.1, 0.15) is 6.04 Å². The van der Waals surface area contributed by atoms with E-state index < -0.39 is 12.1 Å². The predicted molar refractivity (Wildman–Crippen MR) is 189 cm³/mol. The minimum Gasteiger partial charge on any atom is -0.370 e. The fourth-order valence-corrected chi connectivity index (χ4v) is 5.61. The summed E-state index contributed by atoms with van der Waals surface area (Å²) >= 11 is 0. The molecular formula is C35H73N7O2. The highest BCUT2D eigenvalue weighted by Crippen LogP contribution is 2.14. The molecule has 0 bridgehead atoms. The Bertz CT molecular complexity index is 701. The van der Waals surface area contributed by atoms with Crippen molar-refractivity contribution < 1.29 is 9.59 Å². The van der Waals surface area contributed by atoms with E-state index in [2.05, 4.69) is 29.5 Å². The molecule has 260 valence electrons. The first-order valence-electron chi connectivity index (χ1n) is 18.4. The minimum atomic E-state index is -0.656. The van der Waals surface area contributed by atoms with Crippen molar-refractivity contribution in [1.82, 2.24) is 15.5 Å². The lowest BCUT2D eigenvalue weighted by molar-refractivity contribution is -0.133. The standard InChI is InChI=1S/C35H73N7O2/c1-4-6-8-10-12-13-14-15-16-17-18-20-22-24-29-42(28-23-21-19-11-9-7-5-2)34(44)32(39-3)30-41-33(43)31(36)26-25-27-40-35(37)38/h31-32,39H,4-30,36H2,1-3H3,(H,41,43)(H4,37,38,40). The normalized spacial score (nSPS) is 12.5. The maximum absolute atomic E-state index is 13.5. The van der Waals surface area contributed by atoms with Gasteiger partial charge in [0.15, 0.2) is 5.96 Å². The van der Waals surface area contributed by atoms with Crippen molar-refractivity contribution in [3.8, 4) is 0 Å². The Morgan fingerprint density at radius 1 is 0.659 bits per heavy atom. The second-order valence-electron chi connectivity index (χ2n) is 12.7. The van der Waals surface area contributed by atoms with E-state index in [1.165, 1.54) is 109 Å². The first-order chi connectivity index (χ1) is 21.4. The molecule has 8 N–H and O–H groups in total. The third-order valence-corrected chi connectivity index (χ3v) is 8.56. The van der Waals surface area contributed by atoms with E-state index >= 15 is 0 Å². The van der Waals surface area contributed by atoms with Crippen molar-refractivity contribution in [2.24, 2.45) is 22.2 Å². The Morgan fingerprint density at radius 3 is 1.45 bits per heavy atom. The average molecular weight is 624 g/mol. The largest absolute Gasteiger partial charge is 0.370 e. The molecule has 2 amide bonds. The smallest absolute Gasteiger partial charge is 0.241 e. The number of nitrogens with two attached hydrogens (primary N) is 3. The second kappa shape index (κ2) is 31.1. The first kappa shape index (κ1) is 42.1. The van der Waals surface area contributed by atoms with Crippen LogP contribution in [0.2, 0.25) is 0 Å². The van der Waals surface area contributed by atoms with Gasteiger partial charge in [-0.15, -0.1) is 0 Å². The molecule has 0 aromatic heterocycles. The number of hydrogen-bond donors (Lipinski definition) is 5. The van der Waals surface area contributed by atoms with Crippen molar-refractivity contribution in [1.29, 1.82) is 0 Å². The monoisotopic (exact) mass is 624 g/mol. The summed E-state index contributed by atoms with van der Waals surface area (Å²) in [4.78, 5) is 32.0. The highest BCUT2D eigenvalue weighted by molar-refractivity contribution is 5.85. The lowest BCUT2D eigenvalue weighted by Gasteiger charge is -2.28. The van der Waals surface area contributed by atoms with Crippen LogP contribution in [-0.4, -0.2) is 68.0 Å². The molecule has 0 rings (SSSR count). The van der Waals surface area contributed by atoms with Gasteiger partial charge in [-0.05, 0) is 32.7 Å². The van der Waals surface area contributed by atoms with Crippen LogP contribution in [0.15, 0.2) is 4.99 Å². The molecule has 0 aromatic carbocycles. The van der Waals surface area contributed by atoms with Gasteiger partial charge in [0.05, 0.1) is 6.04 Å². The summed E-state index contributed by atoms with van der Waals surface area (Å²) in [6.45, 7) is 6.74. The van der Waals surface area contributed by atoms with Gasteiger partial charge in [0.25, 0.3) is 0 Å². The number of carbonyl (C=O) groups excluding carboxylic acids is 2. The van der Waals surface area contributed by atoms with E-state index in [1.54, 1.807) is 7.05 Å². The van der Waals surface area contributed by atoms with E-state index in [-0.39, 0.29) is 24.3 Å². The molecule has 0 aliphatic carbocycles. The van der Waals surface area contributed by atoms with E-state index in [0.29, 0.717) is 19.4 Å². The van der Waals surface area contributed by atoms with E-state index in [0.717, 1.165) is 38.8 Å². The Kier molecular flexibility index (Phi) is 29.8. The van der Waals surface area contributed by atoms with Crippen LogP contribution >= 0.6 is 0 Å². The predicted octanol–water partition coefficient (Wildman–Crippen LogP) is 6.13. The van der Waals surface area contributed by atoms with Gasteiger partial charge in [-0.2, -0.15) is 0 Å². The molecule has 9 nitrogen and oxygen atoms in total. The molecule has 0 aliphatic rings. The lowest BCUT2D eigenvalue weighted by Crippen LogP contribution is -2.53. The van der Waals surface area contributed by atoms with Gasteiger partial charge >= 0.3 is 0 Å². The number of amides is 2. The molecular weight excluding hydrogens is 550 g/mol. The molecule has 0 heterocycles. The van der Waals surface area contributed by atoms with Crippen molar-refractivity contribution in [3.63, 3.8) is 0 Å². The fourth-order valence-electron chi connectivity index (χ4n) is 5.61. The summed E-state index contributed by atoms with van der Waals surface area (Å²) in [7, 11) is 1.78. The highest BCUT2D eigenvalue weighted by Gasteiger charge is 2.24.